The summed E-state index contributed by atoms with van der Waals surface area (Å²) in [5, 5.41) is 4.25. The average molecular weight is 349 g/mol. The summed E-state index contributed by atoms with van der Waals surface area (Å²) < 4.78 is 6.96. The Morgan fingerprint density at radius 1 is 1.15 bits per heavy atom. The second-order valence-electron chi connectivity index (χ2n) is 6.12. The maximum absolute atomic E-state index is 12.7. The average Bonchev–Trinajstić information content (AvgIpc) is 3.25. The lowest BCUT2D eigenvalue weighted by Crippen LogP contribution is -2.22. The minimum absolute atomic E-state index is 0.0423. The van der Waals surface area contributed by atoms with Gasteiger partial charge in [0.15, 0.2) is 0 Å². The van der Waals surface area contributed by atoms with Crippen LogP contribution in [-0.4, -0.2) is 32.8 Å². The number of anilines is 1. The molecule has 132 valence electrons. The highest BCUT2D eigenvalue weighted by Gasteiger charge is 2.30. The number of aromatic nitrogens is 4. The maximum Gasteiger partial charge on any atom is 0.260 e. The molecule has 0 bridgehead atoms. The summed E-state index contributed by atoms with van der Waals surface area (Å²) in [6.45, 7) is 5.14. The third kappa shape index (κ3) is 2.61. The Hall–Kier alpha value is -3.22. The van der Waals surface area contributed by atoms with Crippen molar-refractivity contribution in [3.8, 4) is 17.1 Å². The molecule has 3 aromatic heterocycles. The first-order valence-corrected chi connectivity index (χ1v) is 8.47. The molecular formula is C19H19N5O2. The summed E-state index contributed by atoms with van der Waals surface area (Å²) >= 11 is 0. The molecular weight excluding hydrogens is 330 g/mol. The Balaban J connectivity index is 1.67. The summed E-state index contributed by atoms with van der Waals surface area (Å²) in [6, 6.07) is 7.46. The highest BCUT2D eigenvalue weighted by atomic mass is 16.5. The number of amides is 1. The number of hydrogen-bond donors (Lipinski definition) is 0. The third-order valence-electron chi connectivity index (χ3n) is 4.56. The van der Waals surface area contributed by atoms with Crippen molar-refractivity contribution in [1.82, 2.24) is 19.7 Å². The van der Waals surface area contributed by atoms with Crippen molar-refractivity contribution in [2.24, 2.45) is 0 Å². The second kappa shape index (κ2) is 6.25. The van der Waals surface area contributed by atoms with E-state index in [1.54, 1.807) is 22.9 Å². The van der Waals surface area contributed by atoms with Crippen molar-refractivity contribution in [3.63, 3.8) is 0 Å². The van der Waals surface area contributed by atoms with Gasteiger partial charge in [-0.1, -0.05) is 0 Å². The SMILES string of the molecule is CCn1cc(N2Cc3nc(-c4ccc(OC)nc4C)ccc3C2=O)cn1. The van der Waals surface area contributed by atoms with E-state index in [0.29, 0.717) is 18.0 Å². The molecule has 0 aliphatic carbocycles. The van der Waals surface area contributed by atoms with Crippen LogP contribution in [0.25, 0.3) is 11.3 Å². The van der Waals surface area contributed by atoms with E-state index in [2.05, 4.69) is 10.1 Å². The summed E-state index contributed by atoms with van der Waals surface area (Å²) in [6.07, 6.45) is 3.59. The minimum atomic E-state index is -0.0423. The number of aryl methyl sites for hydroxylation is 2. The molecule has 0 aromatic carbocycles. The van der Waals surface area contributed by atoms with Gasteiger partial charge in [0, 0.05) is 24.4 Å². The van der Waals surface area contributed by atoms with Gasteiger partial charge in [-0.25, -0.2) is 4.98 Å². The highest BCUT2D eigenvalue weighted by Crippen LogP contribution is 2.30. The molecule has 0 radical (unpaired) electrons. The van der Waals surface area contributed by atoms with Crippen LogP contribution in [0.3, 0.4) is 0 Å². The number of carbonyl (C=O) groups is 1. The van der Waals surface area contributed by atoms with Gasteiger partial charge in [-0.05, 0) is 32.0 Å². The van der Waals surface area contributed by atoms with Crippen LogP contribution in [0, 0.1) is 6.92 Å². The Kier molecular flexibility index (Phi) is 3.91. The van der Waals surface area contributed by atoms with Gasteiger partial charge in [-0.15, -0.1) is 0 Å². The predicted octanol–water partition coefficient (Wildman–Crippen LogP) is 2.84. The molecule has 7 heteroatoms. The van der Waals surface area contributed by atoms with Gasteiger partial charge in [-0.3, -0.25) is 19.4 Å². The molecule has 26 heavy (non-hydrogen) atoms. The van der Waals surface area contributed by atoms with Crippen molar-refractivity contribution in [3.05, 3.63) is 53.6 Å². The number of methoxy groups -OCH3 is 1. The van der Waals surface area contributed by atoms with Crippen LogP contribution in [0.5, 0.6) is 5.88 Å². The lowest BCUT2D eigenvalue weighted by Gasteiger charge is -2.11. The van der Waals surface area contributed by atoms with Gasteiger partial charge in [-0.2, -0.15) is 5.10 Å². The Morgan fingerprint density at radius 3 is 2.65 bits per heavy atom. The van der Waals surface area contributed by atoms with E-state index in [1.165, 1.54) is 0 Å². The van der Waals surface area contributed by atoms with E-state index >= 15 is 0 Å². The quantitative estimate of drug-likeness (QED) is 0.724. The van der Waals surface area contributed by atoms with E-state index in [4.69, 9.17) is 9.72 Å². The van der Waals surface area contributed by atoms with E-state index in [1.807, 2.05) is 44.3 Å². The molecule has 0 saturated heterocycles. The summed E-state index contributed by atoms with van der Waals surface area (Å²) in [5.41, 5.74) is 4.76. The van der Waals surface area contributed by atoms with Crippen LogP contribution in [0.4, 0.5) is 5.69 Å². The molecule has 0 spiro atoms. The number of ether oxygens (including phenoxy) is 1. The third-order valence-corrected chi connectivity index (χ3v) is 4.56. The van der Waals surface area contributed by atoms with Crippen molar-refractivity contribution < 1.29 is 9.53 Å². The zero-order valence-corrected chi connectivity index (χ0v) is 14.9. The van der Waals surface area contributed by atoms with E-state index in [-0.39, 0.29) is 5.91 Å². The number of carbonyl (C=O) groups excluding carboxylic acids is 1. The molecule has 0 saturated carbocycles. The van der Waals surface area contributed by atoms with Gasteiger partial charge in [0.2, 0.25) is 5.88 Å². The summed E-state index contributed by atoms with van der Waals surface area (Å²) in [7, 11) is 1.59. The maximum atomic E-state index is 12.7. The number of nitrogens with zero attached hydrogens (tertiary/aromatic N) is 5. The molecule has 0 N–H and O–H groups in total. The van der Waals surface area contributed by atoms with Crippen molar-refractivity contribution in [2.75, 3.05) is 12.0 Å². The van der Waals surface area contributed by atoms with Crippen molar-refractivity contribution >= 4 is 11.6 Å². The van der Waals surface area contributed by atoms with Gasteiger partial charge in [0.05, 0.1) is 48.2 Å². The normalized spacial score (nSPS) is 13.2. The van der Waals surface area contributed by atoms with Gasteiger partial charge in [0.25, 0.3) is 5.91 Å². The van der Waals surface area contributed by atoms with Crippen LogP contribution < -0.4 is 9.64 Å². The topological polar surface area (TPSA) is 73.1 Å². The number of pyridine rings is 2. The fraction of sp³-hybridized carbons (Fsp3) is 0.263. The first-order chi connectivity index (χ1) is 12.6. The zero-order valence-electron chi connectivity index (χ0n) is 14.9. The molecule has 0 unspecified atom stereocenters. The molecule has 1 amide bonds. The number of fused-ring (bicyclic) bond motifs is 1. The molecule has 1 aliphatic heterocycles. The first kappa shape index (κ1) is 16.3. The Bertz CT molecular complexity index is 995. The lowest BCUT2D eigenvalue weighted by molar-refractivity contribution is 0.0996. The fourth-order valence-electron chi connectivity index (χ4n) is 3.13. The van der Waals surface area contributed by atoms with Gasteiger partial charge < -0.3 is 4.74 Å². The Labute approximate surface area is 151 Å². The molecule has 1 aliphatic rings. The van der Waals surface area contributed by atoms with Crippen molar-refractivity contribution in [1.29, 1.82) is 0 Å². The van der Waals surface area contributed by atoms with Crippen LogP contribution in [-0.2, 0) is 13.1 Å². The van der Waals surface area contributed by atoms with E-state index in [0.717, 1.165) is 34.9 Å². The van der Waals surface area contributed by atoms with E-state index in [9.17, 15) is 4.79 Å². The van der Waals surface area contributed by atoms with Gasteiger partial charge in [0.1, 0.15) is 0 Å². The first-order valence-electron chi connectivity index (χ1n) is 8.47. The van der Waals surface area contributed by atoms with Crippen LogP contribution in [0.1, 0.15) is 28.7 Å². The monoisotopic (exact) mass is 349 g/mol. The molecule has 0 fully saturated rings. The van der Waals surface area contributed by atoms with Crippen LogP contribution in [0.2, 0.25) is 0 Å². The minimum Gasteiger partial charge on any atom is -0.481 e. The Morgan fingerprint density at radius 2 is 1.96 bits per heavy atom. The predicted molar refractivity (Wildman–Crippen MR) is 97.2 cm³/mol. The highest BCUT2D eigenvalue weighted by molar-refractivity contribution is 6.09. The molecule has 7 nitrogen and oxygen atoms in total. The van der Waals surface area contributed by atoms with Gasteiger partial charge >= 0.3 is 0 Å². The smallest absolute Gasteiger partial charge is 0.260 e. The lowest BCUT2D eigenvalue weighted by atomic mass is 10.1. The number of hydrogen-bond acceptors (Lipinski definition) is 5. The second-order valence-corrected chi connectivity index (χ2v) is 6.12. The summed E-state index contributed by atoms with van der Waals surface area (Å²) in [4.78, 5) is 23.5. The van der Waals surface area contributed by atoms with Crippen LogP contribution in [0.15, 0.2) is 36.7 Å². The number of rotatable bonds is 4. The van der Waals surface area contributed by atoms with Crippen molar-refractivity contribution in [2.45, 2.75) is 26.9 Å². The zero-order chi connectivity index (χ0) is 18.3. The van der Waals surface area contributed by atoms with Crippen LogP contribution >= 0.6 is 0 Å². The molecule has 4 heterocycles. The fourth-order valence-corrected chi connectivity index (χ4v) is 3.13. The largest absolute Gasteiger partial charge is 0.481 e. The molecule has 0 atom stereocenters. The molecule has 4 rings (SSSR count). The standard InChI is InChI=1S/C19H19N5O2/c1-4-23-10-13(9-20-23)24-11-17-15(19(24)25)5-7-16(22-17)14-6-8-18(26-3)21-12(14)2/h5-10H,4,11H2,1-3H3. The van der Waals surface area contributed by atoms with E-state index < -0.39 is 0 Å². The summed E-state index contributed by atoms with van der Waals surface area (Å²) in [5.74, 6) is 0.529. The molecule has 3 aromatic rings.